The van der Waals surface area contributed by atoms with Gasteiger partial charge in [-0.15, -0.1) is 0 Å². The van der Waals surface area contributed by atoms with E-state index in [0.717, 1.165) is 12.8 Å². The number of nitrogens with two attached hydrogens (primary N) is 1. The summed E-state index contributed by atoms with van der Waals surface area (Å²) in [5.74, 6) is -0.968. The second kappa shape index (κ2) is 7.11. The number of unbranched alkanes of at least 4 members (excludes halogenated alkanes) is 2. The molecule has 0 aliphatic carbocycles. The third kappa shape index (κ3) is 6.17. The van der Waals surface area contributed by atoms with Crippen molar-refractivity contribution in [2.24, 2.45) is 5.73 Å². The van der Waals surface area contributed by atoms with Gasteiger partial charge in [0.25, 0.3) is 0 Å². The molecule has 1 unspecified atom stereocenters. The maximum absolute atomic E-state index is 10.2. The zero-order valence-corrected chi connectivity index (χ0v) is 7.59. The van der Waals surface area contributed by atoms with Crippen molar-refractivity contribution < 1.29 is 14.5 Å². The first-order valence-corrected chi connectivity index (χ1v) is 4.53. The van der Waals surface area contributed by atoms with E-state index in [-0.39, 0.29) is 7.92 Å². The molecular weight excluding hydrogens is 177 g/mol. The molecule has 4 nitrogen and oxygen atoms in total. The Bertz CT molecular complexity index is 234. The van der Waals surface area contributed by atoms with Crippen LogP contribution < -0.4 is 5.73 Å². The van der Waals surface area contributed by atoms with Crippen molar-refractivity contribution in [3.05, 3.63) is 0 Å². The molecule has 68 valence electrons. The number of hydrogen-bond donors (Lipinski definition) is 2. The molecule has 0 aliphatic rings. The Hall–Kier alpha value is -0.560. The fourth-order valence-electron chi connectivity index (χ4n) is 0.737. The van der Waals surface area contributed by atoms with Gasteiger partial charge in [0.05, 0.1) is 0 Å². The second-order valence-electron chi connectivity index (χ2n) is 2.44. The first-order chi connectivity index (χ1) is 5.68. The third-order valence-electron chi connectivity index (χ3n) is 1.44. The maximum atomic E-state index is 10.2. The molecule has 0 amide bonds. The van der Waals surface area contributed by atoms with Gasteiger partial charge >= 0.3 is 71.4 Å². The molecule has 0 aromatic heterocycles. The standard InChI is InChI=1S/C7H12NO3P/c8-6(7(9)10)4-2-1-3-5-12-11/h6H,1-4,8H2,(H,9,10). The van der Waals surface area contributed by atoms with Crippen LogP contribution >= 0.6 is 7.92 Å². The average Bonchev–Trinajstić information content (AvgIpc) is 2.03. The normalized spacial score (nSPS) is 11.8. The molecule has 0 saturated carbocycles. The van der Waals surface area contributed by atoms with Crippen molar-refractivity contribution in [1.82, 2.24) is 0 Å². The van der Waals surface area contributed by atoms with Gasteiger partial charge in [-0.2, -0.15) is 0 Å². The summed E-state index contributed by atoms with van der Waals surface area (Å²) in [6, 6.07) is -0.769. The fourth-order valence-corrected chi connectivity index (χ4v) is 0.987. The fraction of sp³-hybridized carbons (Fsp3) is 0.714. The Morgan fingerprint density at radius 2 is 2.25 bits per heavy atom. The van der Waals surface area contributed by atoms with Crippen LogP contribution in [0.25, 0.3) is 0 Å². The van der Waals surface area contributed by atoms with Crippen LogP contribution in [0.2, 0.25) is 0 Å². The monoisotopic (exact) mass is 189 g/mol. The van der Waals surface area contributed by atoms with E-state index < -0.39 is 12.0 Å². The summed E-state index contributed by atoms with van der Waals surface area (Å²) >= 11 is 0. The Kier molecular flexibility index (Phi) is 6.78. The zero-order valence-electron chi connectivity index (χ0n) is 6.69. The van der Waals surface area contributed by atoms with Crippen LogP contribution in [-0.4, -0.2) is 17.1 Å². The van der Waals surface area contributed by atoms with Gasteiger partial charge in [0.15, 0.2) is 0 Å². The van der Waals surface area contributed by atoms with Crippen LogP contribution in [0.5, 0.6) is 0 Å². The van der Waals surface area contributed by atoms with E-state index in [1.54, 1.807) is 0 Å². The molecule has 1 atom stereocenters. The average molecular weight is 189 g/mol. The number of carboxylic acids is 1. The molecule has 0 aliphatic heterocycles. The van der Waals surface area contributed by atoms with Crippen molar-refractivity contribution in [3.63, 3.8) is 0 Å². The van der Waals surface area contributed by atoms with Gasteiger partial charge in [-0.1, -0.05) is 0 Å². The Labute approximate surface area is 72.3 Å². The van der Waals surface area contributed by atoms with Crippen LogP contribution in [0.4, 0.5) is 0 Å². The summed E-state index contributed by atoms with van der Waals surface area (Å²) in [5, 5.41) is 8.39. The number of carbonyl (C=O) groups is 1. The Morgan fingerprint density at radius 3 is 2.75 bits per heavy atom. The summed E-state index contributed by atoms with van der Waals surface area (Å²) in [5.41, 5.74) is 7.83. The van der Waals surface area contributed by atoms with E-state index in [1.807, 2.05) is 0 Å². The van der Waals surface area contributed by atoms with Crippen molar-refractivity contribution in [1.29, 1.82) is 0 Å². The third-order valence-corrected chi connectivity index (χ3v) is 1.79. The van der Waals surface area contributed by atoms with Crippen LogP contribution in [0.3, 0.4) is 0 Å². The molecule has 0 bridgehead atoms. The van der Waals surface area contributed by atoms with Gasteiger partial charge in [-0.05, 0) is 0 Å². The van der Waals surface area contributed by atoms with Crippen LogP contribution in [0.15, 0.2) is 0 Å². The van der Waals surface area contributed by atoms with Gasteiger partial charge in [0.2, 0.25) is 0 Å². The molecule has 3 N–H and O–H groups in total. The topological polar surface area (TPSA) is 80.4 Å². The second-order valence-corrected chi connectivity index (χ2v) is 2.94. The van der Waals surface area contributed by atoms with Crippen molar-refractivity contribution in [2.75, 3.05) is 0 Å². The molecule has 0 aromatic carbocycles. The summed E-state index contributed by atoms with van der Waals surface area (Å²) in [4.78, 5) is 10.2. The van der Waals surface area contributed by atoms with Gasteiger partial charge in [-0.25, -0.2) is 0 Å². The molecule has 0 radical (unpaired) electrons. The predicted octanol–water partition coefficient (Wildman–Crippen LogP) is 1.21. The summed E-state index contributed by atoms with van der Waals surface area (Å²) in [6.45, 7) is 0. The van der Waals surface area contributed by atoms with E-state index in [2.05, 4.69) is 5.63 Å². The molecule has 5 heteroatoms. The van der Waals surface area contributed by atoms with Gasteiger partial charge in [-0.3, -0.25) is 0 Å². The van der Waals surface area contributed by atoms with E-state index in [1.165, 1.54) is 0 Å². The quantitative estimate of drug-likeness (QED) is 0.503. The molecule has 0 aromatic rings. The van der Waals surface area contributed by atoms with Gasteiger partial charge < -0.3 is 0 Å². The summed E-state index contributed by atoms with van der Waals surface area (Å²) in [7, 11) is -0.0848. The van der Waals surface area contributed by atoms with Crippen LogP contribution in [0.1, 0.15) is 25.7 Å². The molecule has 0 fully saturated rings. The van der Waals surface area contributed by atoms with Crippen molar-refractivity contribution in [2.45, 2.75) is 31.7 Å². The summed E-state index contributed by atoms with van der Waals surface area (Å²) in [6.07, 6.45) is 2.61. The van der Waals surface area contributed by atoms with Gasteiger partial charge in [0.1, 0.15) is 0 Å². The molecule has 0 saturated heterocycles. The van der Waals surface area contributed by atoms with Gasteiger partial charge in [0, 0.05) is 0 Å². The number of aliphatic carboxylic acids is 1. The molecule has 0 heterocycles. The van der Waals surface area contributed by atoms with Crippen molar-refractivity contribution >= 4 is 13.9 Å². The van der Waals surface area contributed by atoms with Crippen LogP contribution in [0, 0.1) is 5.63 Å². The molecular formula is C7H12NO3P. The minimum absolute atomic E-state index is 0.0848. The molecule has 0 rings (SSSR count). The first kappa shape index (κ1) is 11.4. The van der Waals surface area contributed by atoms with E-state index in [4.69, 9.17) is 10.8 Å². The number of rotatable bonds is 5. The first-order valence-electron chi connectivity index (χ1n) is 3.72. The van der Waals surface area contributed by atoms with Crippen molar-refractivity contribution in [3.8, 4) is 5.63 Å². The zero-order chi connectivity index (χ0) is 9.40. The SMILES string of the molecule is NC(CCCCC#P=O)C(=O)O. The number of carboxylic acid groups (broad SMARTS) is 1. The van der Waals surface area contributed by atoms with E-state index in [0.29, 0.717) is 12.8 Å². The van der Waals surface area contributed by atoms with E-state index in [9.17, 15) is 9.36 Å². The molecule has 0 spiro atoms. The summed E-state index contributed by atoms with van der Waals surface area (Å²) < 4.78 is 9.88. The van der Waals surface area contributed by atoms with E-state index >= 15 is 0 Å². The molecule has 12 heavy (non-hydrogen) atoms. The Balaban J connectivity index is 3.35. The Morgan fingerprint density at radius 1 is 1.58 bits per heavy atom. The number of hydrogen-bond acceptors (Lipinski definition) is 3. The minimum atomic E-state index is -0.968. The predicted molar refractivity (Wildman–Crippen MR) is 45.6 cm³/mol. The van der Waals surface area contributed by atoms with Crippen LogP contribution in [-0.2, 0) is 9.36 Å².